The number of nitrogens with one attached hydrogen (secondary N) is 2. The lowest BCUT2D eigenvalue weighted by Crippen LogP contribution is -2.16. The van der Waals surface area contributed by atoms with Crippen molar-refractivity contribution in [2.75, 3.05) is 17.2 Å². The minimum absolute atomic E-state index is 0.198. The number of rotatable bonds is 6. The molecule has 7 nitrogen and oxygen atoms in total. The summed E-state index contributed by atoms with van der Waals surface area (Å²) in [5.74, 6) is -0.0996. The molecule has 0 aliphatic carbocycles. The molecule has 2 aromatic rings. The predicted octanol–water partition coefficient (Wildman–Crippen LogP) is 1.86. The fourth-order valence-electron chi connectivity index (χ4n) is 1.70. The van der Waals surface area contributed by atoms with Crippen molar-refractivity contribution in [1.29, 1.82) is 0 Å². The number of nitrogens with zero attached hydrogens (tertiary/aromatic N) is 3. The van der Waals surface area contributed by atoms with Gasteiger partial charge >= 0.3 is 5.97 Å². The fourth-order valence-corrected chi connectivity index (χ4v) is 1.70. The predicted molar refractivity (Wildman–Crippen MR) is 80.1 cm³/mol. The number of aliphatic carboxylic acids is 1. The third kappa shape index (κ3) is 4.41. The lowest BCUT2D eigenvalue weighted by atomic mass is 10.2. The Balaban J connectivity index is 2.34. The third-order valence-corrected chi connectivity index (χ3v) is 2.49. The van der Waals surface area contributed by atoms with Gasteiger partial charge in [-0.3, -0.25) is 9.78 Å². The van der Waals surface area contributed by atoms with Crippen LogP contribution in [0.2, 0.25) is 0 Å². The number of hydrogen-bond acceptors (Lipinski definition) is 6. The zero-order chi connectivity index (χ0) is 15.2. The van der Waals surface area contributed by atoms with Crippen molar-refractivity contribution in [2.45, 2.75) is 19.9 Å². The van der Waals surface area contributed by atoms with Crippen molar-refractivity contribution in [1.82, 2.24) is 15.0 Å². The highest BCUT2D eigenvalue weighted by Gasteiger charge is 2.09. The van der Waals surface area contributed by atoms with E-state index in [9.17, 15) is 4.79 Å². The molecular weight excluding hydrogens is 270 g/mol. The van der Waals surface area contributed by atoms with E-state index >= 15 is 0 Å². The molecule has 0 aliphatic heterocycles. The smallest absolute Gasteiger partial charge is 0.322 e. The van der Waals surface area contributed by atoms with Crippen LogP contribution in [0.3, 0.4) is 0 Å². The Morgan fingerprint density at radius 3 is 2.71 bits per heavy atom. The molecule has 0 fully saturated rings. The molecule has 0 amide bonds. The highest BCUT2D eigenvalue weighted by molar-refractivity contribution is 5.72. The van der Waals surface area contributed by atoms with Crippen molar-refractivity contribution >= 4 is 17.7 Å². The van der Waals surface area contributed by atoms with Crippen molar-refractivity contribution in [3.63, 3.8) is 0 Å². The minimum Gasteiger partial charge on any atom is -0.480 e. The molecule has 7 heteroatoms. The van der Waals surface area contributed by atoms with Crippen LogP contribution < -0.4 is 10.6 Å². The Hall–Kier alpha value is -2.70. The summed E-state index contributed by atoms with van der Waals surface area (Å²) in [5.41, 5.74) is 1.33. The number of carboxylic acid groups (broad SMARTS) is 1. The summed E-state index contributed by atoms with van der Waals surface area (Å²) in [7, 11) is 0. The third-order valence-electron chi connectivity index (χ3n) is 2.49. The van der Waals surface area contributed by atoms with Gasteiger partial charge in [-0.15, -0.1) is 0 Å². The number of hydrogen-bond donors (Lipinski definition) is 3. The van der Waals surface area contributed by atoms with Gasteiger partial charge in [0.2, 0.25) is 5.95 Å². The van der Waals surface area contributed by atoms with E-state index in [-0.39, 0.29) is 18.5 Å². The van der Waals surface area contributed by atoms with Crippen molar-refractivity contribution < 1.29 is 9.90 Å². The quantitative estimate of drug-likeness (QED) is 0.745. The van der Waals surface area contributed by atoms with Crippen LogP contribution in [0, 0.1) is 0 Å². The normalized spacial score (nSPS) is 10.4. The highest BCUT2D eigenvalue weighted by Crippen LogP contribution is 2.19. The molecule has 2 rings (SSSR count). The second kappa shape index (κ2) is 6.65. The molecule has 3 N–H and O–H groups in total. The van der Waals surface area contributed by atoms with E-state index in [0.29, 0.717) is 17.2 Å². The summed E-state index contributed by atoms with van der Waals surface area (Å²) in [4.78, 5) is 23.4. The van der Waals surface area contributed by atoms with Crippen LogP contribution in [0.4, 0.5) is 11.8 Å². The summed E-state index contributed by atoms with van der Waals surface area (Å²) < 4.78 is 0. The van der Waals surface area contributed by atoms with Gasteiger partial charge in [-0.05, 0) is 26.0 Å². The van der Waals surface area contributed by atoms with Crippen LogP contribution in [0.1, 0.15) is 13.8 Å². The second-order valence-electron chi connectivity index (χ2n) is 4.72. The molecule has 2 heterocycles. The molecule has 0 saturated heterocycles. The molecule has 2 aromatic heterocycles. The van der Waals surface area contributed by atoms with E-state index in [0.717, 1.165) is 0 Å². The first-order chi connectivity index (χ1) is 10.0. The molecule has 0 aromatic carbocycles. The minimum atomic E-state index is -0.972. The zero-order valence-corrected chi connectivity index (χ0v) is 11.9. The summed E-state index contributed by atoms with van der Waals surface area (Å²) in [6.45, 7) is 3.74. The number of pyridine rings is 1. The standard InChI is InChI=1S/C14H17N5O2/c1-9(2)17-12-7-11(10-5-3-4-6-15-10)18-14(19-12)16-8-13(20)21/h3-7,9H,8H2,1-2H3,(H,20,21)(H2,16,17,18,19). The maximum absolute atomic E-state index is 10.6. The first-order valence-electron chi connectivity index (χ1n) is 6.57. The van der Waals surface area contributed by atoms with Gasteiger partial charge < -0.3 is 15.7 Å². The highest BCUT2D eigenvalue weighted by atomic mass is 16.4. The molecule has 21 heavy (non-hydrogen) atoms. The van der Waals surface area contributed by atoms with Crippen LogP contribution in [0.15, 0.2) is 30.5 Å². The Labute approximate surface area is 122 Å². The second-order valence-corrected chi connectivity index (χ2v) is 4.72. The zero-order valence-electron chi connectivity index (χ0n) is 11.9. The Kier molecular flexibility index (Phi) is 4.65. The summed E-state index contributed by atoms with van der Waals surface area (Å²) >= 11 is 0. The van der Waals surface area contributed by atoms with Crippen molar-refractivity contribution in [2.24, 2.45) is 0 Å². The Bertz CT molecular complexity index is 616. The monoisotopic (exact) mass is 287 g/mol. The van der Waals surface area contributed by atoms with Crippen LogP contribution in [0.5, 0.6) is 0 Å². The van der Waals surface area contributed by atoms with Gasteiger partial charge in [0.25, 0.3) is 0 Å². The summed E-state index contributed by atoms with van der Waals surface area (Å²) in [5, 5.41) is 14.6. The average molecular weight is 287 g/mol. The first-order valence-corrected chi connectivity index (χ1v) is 6.57. The number of aromatic nitrogens is 3. The van der Waals surface area contributed by atoms with Crippen LogP contribution in [0.25, 0.3) is 11.4 Å². The van der Waals surface area contributed by atoms with E-state index in [4.69, 9.17) is 5.11 Å². The van der Waals surface area contributed by atoms with Gasteiger partial charge in [0.05, 0.1) is 11.4 Å². The van der Waals surface area contributed by atoms with Gasteiger partial charge in [0.15, 0.2) is 0 Å². The Morgan fingerprint density at radius 1 is 1.29 bits per heavy atom. The van der Waals surface area contributed by atoms with E-state index in [1.807, 2.05) is 32.0 Å². The largest absolute Gasteiger partial charge is 0.480 e. The van der Waals surface area contributed by atoms with Gasteiger partial charge in [0.1, 0.15) is 12.4 Å². The van der Waals surface area contributed by atoms with Crippen molar-refractivity contribution in [3.8, 4) is 11.4 Å². The molecule has 110 valence electrons. The molecular formula is C14H17N5O2. The van der Waals surface area contributed by atoms with Gasteiger partial charge in [-0.2, -0.15) is 4.98 Å². The van der Waals surface area contributed by atoms with E-state index < -0.39 is 5.97 Å². The average Bonchev–Trinajstić information content (AvgIpc) is 2.45. The molecule has 0 bridgehead atoms. The lowest BCUT2D eigenvalue weighted by Gasteiger charge is -2.12. The topological polar surface area (TPSA) is 100 Å². The molecule has 0 spiro atoms. The first kappa shape index (κ1) is 14.7. The lowest BCUT2D eigenvalue weighted by molar-refractivity contribution is -0.134. The molecule has 0 saturated carbocycles. The van der Waals surface area contributed by atoms with Crippen LogP contribution in [-0.4, -0.2) is 38.6 Å². The van der Waals surface area contributed by atoms with Crippen LogP contribution >= 0.6 is 0 Å². The molecule has 0 unspecified atom stereocenters. The van der Waals surface area contributed by atoms with Crippen molar-refractivity contribution in [3.05, 3.63) is 30.5 Å². The Morgan fingerprint density at radius 2 is 2.10 bits per heavy atom. The van der Waals surface area contributed by atoms with Gasteiger partial charge in [-0.25, -0.2) is 4.98 Å². The number of carbonyl (C=O) groups is 1. The van der Waals surface area contributed by atoms with E-state index in [1.54, 1.807) is 12.3 Å². The van der Waals surface area contributed by atoms with E-state index in [2.05, 4.69) is 25.6 Å². The SMILES string of the molecule is CC(C)Nc1cc(-c2ccccn2)nc(NCC(=O)O)n1. The maximum Gasteiger partial charge on any atom is 0.322 e. The van der Waals surface area contributed by atoms with Crippen LogP contribution in [-0.2, 0) is 4.79 Å². The molecule has 0 radical (unpaired) electrons. The van der Waals surface area contributed by atoms with Gasteiger partial charge in [-0.1, -0.05) is 6.07 Å². The number of carboxylic acids is 1. The number of anilines is 2. The van der Waals surface area contributed by atoms with Gasteiger partial charge in [0, 0.05) is 18.3 Å². The summed E-state index contributed by atoms with van der Waals surface area (Å²) in [6, 6.07) is 7.51. The van der Waals surface area contributed by atoms with E-state index in [1.165, 1.54) is 0 Å². The summed E-state index contributed by atoms with van der Waals surface area (Å²) in [6.07, 6.45) is 1.68. The fraction of sp³-hybridized carbons (Fsp3) is 0.286. The molecule has 0 atom stereocenters. The molecule has 0 aliphatic rings. The maximum atomic E-state index is 10.6.